The monoisotopic (exact) mass is 297 g/mol. The van der Waals surface area contributed by atoms with Crippen molar-refractivity contribution in [1.82, 2.24) is 10.7 Å². The molecule has 7 heteroatoms. The molecule has 0 radical (unpaired) electrons. The van der Waals surface area contributed by atoms with Gasteiger partial charge in [-0.05, 0) is 39.1 Å². The number of thiophene rings is 1. The van der Waals surface area contributed by atoms with Gasteiger partial charge in [0.05, 0.1) is 6.21 Å². The topological polar surface area (TPSA) is 79.8 Å². The molecule has 1 aromatic rings. The molecule has 6 nitrogen and oxygen atoms in total. The van der Waals surface area contributed by atoms with Crippen LogP contribution in [0.15, 0.2) is 22.6 Å². The number of hydrogen-bond donors (Lipinski definition) is 2. The lowest BCUT2D eigenvalue weighted by molar-refractivity contribution is -0.122. The van der Waals surface area contributed by atoms with E-state index in [0.717, 1.165) is 4.88 Å². The Morgan fingerprint density at radius 1 is 1.45 bits per heavy atom. The molecule has 0 bridgehead atoms. The van der Waals surface area contributed by atoms with Crippen LogP contribution in [0.1, 0.15) is 32.6 Å². The largest absolute Gasteiger partial charge is 0.444 e. The molecule has 2 amide bonds. The Morgan fingerprint density at radius 2 is 2.15 bits per heavy atom. The second kappa shape index (κ2) is 7.04. The molecule has 2 N–H and O–H groups in total. The zero-order valence-electron chi connectivity index (χ0n) is 12.0. The molecule has 0 aliphatic rings. The van der Waals surface area contributed by atoms with Gasteiger partial charge in [0.1, 0.15) is 11.6 Å². The van der Waals surface area contributed by atoms with Crippen LogP contribution in [0.3, 0.4) is 0 Å². The third-order valence-electron chi connectivity index (χ3n) is 2.04. The van der Waals surface area contributed by atoms with Gasteiger partial charge >= 0.3 is 6.09 Å². The number of alkyl carbamates (subject to hydrolysis) is 1. The van der Waals surface area contributed by atoms with Crippen molar-refractivity contribution in [2.45, 2.75) is 39.3 Å². The third kappa shape index (κ3) is 6.33. The second-order valence-electron chi connectivity index (χ2n) is 5.12. The SMILES string of the molecule is C[C@H](NC(=O)OC(C)(C)C)C(=O)N/N=C/c1cccs1. The molecular formula is C13H19N3O3S. The molecule has 1 heterocycles. The number of nitrogens with zero attached hydrogens (tertiary/aromatic N) is 1. The number of rotatable bonds is 4. The van der Waals surface area contributed by atoms with Crippen LogP contribution in [-0.4, -0.2) is 29.9 Å². The molecule has 0 aromatic carbocycles. The van der Waals surface area contributed by atoms with E-state index in [1.807, 2.05) is 17.5 Å². The van der Waals surface area contributed by atoms with Crippen LogP contribution in [0, 0.1) is 0 Å². The Bertz CT molecular complexity index is 478. The zero-order chi connectivity index (χ0) is 15.2. The summed E-state index contributed by atoms with van der Waals surface area (Å²) in [7, 11) is 0. The summed E-state index contributed by atoms with van der Waals surface area (Å²) in [6.07, 6.45) is 0.908. The van der Waals surface area contributed by atoms with Crippen molar-refractivity contribution in [1.29, 1.82) is 0 Å². The Morgan fingerprint density at radius 3 is 2.70 bits per heavy atom. The van der Waals surface area contributed by atoms with Crippen molar-refractivity contribution in [3.63, 3.8) is 0 Å². The lowest BCUT2D eigenvalue weighted by atomic mass is 10.2. The van der Waals surface area contributed by atoms with Crippen molar-refractivity contribution >= 4 is 29.6 Å². The minimum atomic E-state index is -0.731. The predicted octanol–water partition coefficient (Wildman–Crippen LogP) is 2.11. The first kappa shape index (κ1) is 16.2. The summed E-state index contributed by atoms with van der Waals surface area (Å²) in [5.41, 5.74) is 1.76. The van der Waals surface area contributed by atoms with E-state index in [1.54, 1.807) is 33.9 Å². The van der Waals surface area contributed by atoms with Gasteiger partial charge in [-0.2, -0.15) is 5.10 Å². The fourth-order valence-corrected chi connectivity index (χ4v) is 1.76. The van der Waals surface area contributed by atoms with E-state index in [2.05, 4.69) is 15.8 Å². The van der Waals surface area contributed by atoms with Crippen LogP contribution >= 0.6 is 11.3 Å². The minimum Gasteiger partial charge on any atom is -0.444 e. The Kier molecular flexibility index (Phi) is 5.69. The Hall–Kier alpha value is -1.89. The van der Waals surface area contributed by atoms with Crippen LogP contribution < -0.4 is 10.7 Å². The van der Waals surface area contributed by atoms with Crippen molar-refractivity contribution in [2.24, 2.45) is 5.10 Å². The molecule has 1 rings (SSSR count). The van der Waals surface area contributed by atoms with Crippen LogP contribution in [0.25, 0.3) is 0 Å². The first-order chi connectivity index (χ1) is 9.28. The third-order valence-corrected chi connectivity index (χ3v) is 2.84. The standard InChI is InChI=1S/C13H19N3O3S/c1-9(15-12(18)19-13(2,3)4)11(17)16-14-8-10-6-5-7-20-10/h5-9H,1-4H3,(H,15,18)(H,16,17)/b14-8+/t9-/m0/s1. The number of amides is 2. The molecule has 0 unspecified atom stereocenters. The molecule has 110 valence electrons. The Balaban J connectivity index is 2.37. The number of nitrogens with one attached hydrogen (secondary N) is 2. The summed E-state index contributed by atoms with van der Waals surface area (Å²) in [5.74, 6) is -0.413. The lowest BCUT2D eigenvalue weighted by Crippen LogP contribution is -2.45. The van der Waals surface area contributed by atoms with E-state index in [-0.39, 0.29) is 0 Å². The Labute approximate surface area is 122 Å². The average molecular weight is 297 g/mol. The van der Waals surface area contributed by atoms with Gasteiger partial charge in [0.15, 0.2) is 0 Å². The molecule has 1 aromatic heterocycles. The van der Waals surface area contributed by atoms with Gasteiger partial charge in [0, 0.05) is 4.88 Å². The molecular weight excluding hydrogens is 278 g/mol. The van der Waals surface area contributed by atoms with Crippen molar-refractivity contribution in [2.75, 3.05) is 0 Å². The maximum absolute atomic E-state index is 11.7. The van der Waals surface area contributed by atoms with Crippen LogP contribution in [-0.2, 0) is 9.53 Å². The zero-order valence-corrected chi connectivity index (χ0v) is 12.8. The highest BCUT2D eigenvalue weighted by Gasteiger charge is 2.20. The first-order valence-electron chi connectivity index (χ1n) is 6.14. The fraction of sp³-hybridized carbons (Fsp3) is 0.462. The van der Waals surface area contributed by atoms with Crippen molar-refractivity contribution < 1.29 is 14.3 Å². The van der Waals surface area contributed by atoms with Gasteiger partial charge in [0.25, 0.3) is 5.91 Å². The minimum absolute atomic E-state index is 0.413. The molecule has 1 atom stereocenters. The molecule has 0 spiro atoms. The molecule has 0 aliphatic carbocycles. The summed E-state index contributed by atoms with van der Waals surface area (Å²) < 4.78 is 5.06. The van der Waals surface area contributed by atoms with Crippen molar-refractivity contribution in [3.05, 3.63) is 22.4 Å². The quantitative estimate of drug-likeness (QED) is 0.660. The maximum atomic E-state index is 11.7. The average Bonchev–Trinajstić information content (AvgIpc) is 2.78. The molecule has 0 aliphatic heterocycles. The van der Waals surface area contributed by atoms with Gasteiger partial charge in [0.2, 0.25) is 0 Å². The lowest BCUT2D eigenvalue weighted by Gasteiger charge is -2.21. The normalized spacial score (nSPS) is 13.0. The highest BCUT2D eigenvalue weighted by atomic mass is 32.1. The van der Waals surface area contributed by atoms with E-state index in [0.29, 0.717) is 0 Å². The molecule has 0 saturated carbocycles. The fourth-order valence-electron chi connectivity index (χ4n) is 1.17. The van der Waals surface area contributed by atoms with Crippen LogP contribution in [0.5, 0.6) is 0 Å². The van der Waals surface area contributed by atoms with Crippen LogP contribution in [0.4, 0.5) is 4.79 Å². The van der Waals surface area contributed by atoms with Crippen molar-refractivity contribution in [3.8, 4) is 0 Å². The van der Waals surface area contributed by atoms with Crippen LogP contribution in [0.2, 0.25) is 0 Å². The summed E-state index contributed by atoms with van der Waals surface area (Å²) in [6.45, 7) is 6.81. The number of carbonyl (C=O) groups excluding carboxylic acids is 2. The maximum Gasteiger partial charge on any atom is 0.408 e. The molecule has 0 saturated heterocycles. The van der Waals surface area contributed by atoms with Gasteiger partial charge in [-0.25, -0.2) is 10.2 Å². The van der Waals surface area contributed by atoms with E-state index >= 15 is 0 Å². The smallest absolute Gasteiger partial charge is 0.408 e. The highest BCUT2D eigenvalue weighted by molar-refractivity contribution is 7.11. The van der Waals surface area contributed by atoms with E-state index in [9.17, 15) is 9.59 Å². The van der Waals surface area contributed by atoms with E-state index in [4.69, 9.17) is 4.74 Å². The second-order valence-corrected chi connectivity index (χ2v) is 6.10. The van der Waals surface area contributed by atoms with E-state index in [1.165, 1.54) is 11.3 Å². The first-order valence-corrected chi connectivity index (χ1v) is 7.02. The molecule has 20 heavy (non-hydrogen) atoms. The van der Waals surface area contributed by atoms with Gasteiger partial charge in [-0.3, -0.25) is 4.79 Å². The summed E-state index contributed by atoms with van der Waals surface area (Å²) in [4.78, 5) is 24.1. The number of ether oxygens (including phenoxy) is 1. The summed E-state index contributed by atoms with van der Waals surface area (Å²) >= 11 is 1.51. The predicted molar refractivity (Wildman–Crippen MR) is 78.9 cm³/mol. The summed E-state index contributed by atoms with van der Waals surface area (Å²) in [6, 6.07) is 3.04. The number of carbonyl (C=O) groups is 2. The number of hydrazone groups is 1. The summed E-state index contributed by atoms with van der Waals surface area (Å²) in [5, 5.41) is 8.16. The van der Waals surface area contributed by atoms with Gasteiger partial charge in [-0.15, -0.1) is 11.3 Å². The molecule has 0 fully saturated rings. The van der Waals surface area contributed by atoms with Gasteiger partial charge < -0.3 is 10.1 Å². The van der Waals surface area contributed by atoms with Gasteiger partial charge in [-0.1, -0.05) is 6.07 Å². The number of hydrogen-bond acceptors (Lipinski definition) is 5. The highest BCUT2D eigenvalue weighted by Crippen LogP contribution is 2.06. The van der Waals surface area contributed by atoms with E-state index < -0.39 is 23.6 Å².